The molecule has 2 aliphatic rings. The third-order valence-electron chi connectivity index (χ3n) is 5.86. The van der Waals surface area contributed by atoms with Crippen LogP contribution in [0.5, 0.6) is 5.75 Å². The smallest absolute Gasteiger partial charge is 0.276 e. The fourth-order valence-corrected chi connectivity index (χ4v) is 4.31. The van der Waals surface area contributed by atoms with Crippen LogP contribution >= 0.6 is 0 Å². The number of nitrogens with zero attached hydrogens (tertiary/aromatic N) is 2. The van der Waals surface area contributed by atoms with E-state index in [2.05, 4.69) is 10.4 Å². The minimum absolute atomic E-state index is 0.0108. The number of benzene rings is 2. The Morgan fingerprint density at radius 1 is 1.19 bits per heavy atom. The minimum atomic E-state index is -0.494. The molecule has 1 saturated heterocycles. The Kier molecular flexibility index (Phi) is 5.61. The van der Waals surface area contributed by atoms with Gasteiger partial charge in [0.25, 0.3) is 5.91 Å². The van der Waals surface area contributed by atoms with Crippen molar-refractivity contribution < 1.29 is 23.0 Å². The Morgan fingerprint density at radius 3 is 2.88 bits per heavy atom. The molecule has 1 atom stereocenters. The molecule has 0 saturated carbocycles. The normalized spacial score (nSPS) is 17.4. The summed E-state index contributed by atoms with van der Waals surface area (Å²) >= 11 is 0. The first kappa shape index (κ1) is 20.6. The lowest BCUT2D eigenvalue weighted by Gasteiger charge is -2.15. The van der Waals surface area contributed by atoms with Crippen LogP contribution in [0.2, 0.25) is 0 Å². The van der Waals surface area contributed by atoms with Crippen LogP contribution < -0.4 is 10.1 Å². The highest BCUT2D eigenvalue weighted by atomic mass is 19.1. The Labute approximate surface area is 184 Å². The highest BCUT2D eigenvalue weighted by Crippen LogP contribution is 2.31. The van der Waals surface area contributed by atoms with Crippen molar-refractivity contribution in [3.63, 3.8) is 0 Å². The van der Waals surface area contributed by atoms with Crippen LogP contribution in [0.3, 0.4) is 0 Å². The van der Waals surface area contributed by atoms with Crippen molar-refractivity contribution in [3.05, 3.63) is 71.1 Å². The highest BCUT2D eigenvalue weighted by molar-refractivity contribution is 6.05. The predicted molar refractivity (Wildman–Crippen MR) is 114 cm³/mol. The molecule has 3 aromatic rings. The van der Waals surface area contributed by atoms with Gasteiger partial charge in [-0.2, -0.15) is 5.10 Å². The van der Waals surface area contributed by atoms with Crippen molar-refractivity contribution in [2.24, 2.45) is 0 Å². The topological polar surface area (TPSA) is 65.4 Å². The lowest BCUT2D eigenvalue weighted by atomic mass is 10.2. The number of ether oxygens (including phenoxy) is 2. The van der Waals surface area contributed by atoms with Gasteiger partial charge in [0, 0.05) is 23.9 Å². The fourth-order valence-electron chi connectivity index (χ4n) is 4.31. The summed E-state index contributed by atoms with van der Waals surface area (Å²) in [6.07, 6.45) is 4.12. The molecule has 1 fully saturated rings. The molecule has 0 spiro atoms. The summed E-state index contributed by atoms with van der Waals surface area (Å²) < 4.78 is 41.2. The number of anilines is 1. The van der Waals surface area contributed by atoms with E-state index in [0.29, 0.717) is 37.5 Å². The minimum Gasteiger partial charge on any atom is -0.489 e. The zero-order valence-corrected chi connectivity index (χ0v) is 17.4. The number of rotatable bonds is 6. The summed E-state index contributed by atoms with van der Waals surface area (Å²) in [5, 5.41) is 7.17. The first-order valence-electron chi connectivity index (χ1n) is 10.8. The maximum atomic E-state index is 14.4. The highest BCUT2D eigenvalue weighted by Gasteiger charge is 2.28. The standard InChI is InChI=1S/C24H23F2N3O3/c25-15-10-11-22(32-14-16-5-4-12-31-16)19(13-15)27-24(30)23-17-6-3-9-20(17)29(28-23)21-8-2-1-7-18(21)26/h1-2,7-8,10-11,13,16H,3-6,9,12,14H2,(H,27,30). The van der Waals surface area contributed by atoms with Gasteiger partial charge in [0.15, 0.2) is 5.69 Å². The maximum Gasteiger partial charge on any atom is 0.276 e. The molecule has 6 nitrogen and oxygen atoms in total. The molecule has 2 aromatic carbocycles. The Morgan fingerprint density at radius 2 is 2.06 bits per heavy atom. The van der Waals surface area contributed by atoms with Crippen LogP contribution in [0.1, 0.15) is 41.0 Å². The quantitative estimate of drug-likeness (QED) is 0.616. The average molecular weight is 439 g/mol. The summed E-state index contributed by atoms with van der Waals surface area (Å²) in [6.45, 7) is 1.03. The molecule has 1 aliphatic heterocycles. The van der Waals surface area contributed by atoms with Gasteiger partial charge in [-0.3, -0.25) is 4.79 Å². The first-order chi connectivity index (χ1) is 15.6. The summed E-state index contributed by atoms with van der Waals surface area (Å²) in [6, 6.07) is 10.3. The fraction of sp³-hybridized carbons (Fsp3) is 0.333. The number of hydrogen-bond donors (Lipinski definition) is 1. The molecule has 32 heavy (non-hydrogen) atoms. The van der Waals surface area contributed by atoms with Crippen molar-refractivity contribution in [3.8, 4) is 11.4 Å². The molecule has 8 heteroatoms. The van der Waals surface area contributed by atoms with Crippen molar-refractivity contribution >= 4 is 11.6 Å². The summed E-state index contributed by atoms with van der Waals surface area (Å²) in [4.78, 5) is 13.1. The van der Waals surface area contributed by atoms with Crippen LogP contribution in [0.25, 0.3) is 5.69 Å². The third kappa shape index (κ3) is 3.98. The van der Waals surface area contributed by atoms with Gasteiger partial charge in [0.1, 0.15) is 29.7 Å². The monoisotopic (exact) mass is 439 g/mol. The van der Waals surface area contributed by atoms with Gasteiger partial charge in [-0.25, -0.2) is 13.5 Å². The molecule has 1 N–H and O–H groups in total. The van der Waals surface area contributed by atoms with Gasteiger partial charge in [0.2, 0.25) is 0 Å². The number of nitrogens with one attached hydrogen (secondary N) is 1. The van der Waals surface area contributed by atoms with Gasteiger partial charge in [-0.05, 0) is 56.4 Å². The van der Waals surface area contributed by atoms with Crippen molar-refractivity contribution in [2.45, 2.75) is 38.2 Å². The van der Waals surface area contributed by atoms with E-state index in [1.54, 1.807) is 18.2 Å². The molecule has 1 unspecified atom stereocenters. The molecule has 1 aromatic heterocycles. The van der Waals surface area contributed by atoms with Crippen molar-refractivity contribution in [1.82, 2.24) is 9.78 Å². The van der Waals surface area contributed by atoms with Gasteiger partial charge in [0.05, 0.1) is 11.8 Å². The van der Waals surface area contributed by atoms with E-state index in [1.165, 1.54) is 28.9 Å². The zero-order valence-electron chi connectivity index (χ0n) is 17.4. The summed E-state index contributed by atoms with van der Waals surface area (Å²) in [5.41, 5.74) is 2.37. The number of carbonyl (C=O) groups is 1. The van der Waals surface area contributed by atoms with Crippen LogP contribution in [0, 0.1) is 11.6 Å². The largest absolute Gasteiger partial charge is 0.489 e. The molecule has 166 valence electrons. The molecule has 5 rings (SSSR count). The Hall–Kier alpha value is -3.26. The predicted octanol–water partition coefficient (Wildman–Crippen LogP) is 4.45. The van der Waals surface area contributed by atoms with Gasteiger partial charge in [-0.1, -0.05) is 12.1 Å². The number of halogens is 2. The van der Waals surface area contributed by atoms with E-state index in [9.17, 15) is 13.6 Å². The molecule has 0 bridgehead atoms. The lowest BCUT2D eigenvalue weighted by molar-refractivity contribution is 0.0681. The first-order valence-corrected chi connectivity index (χ1v) is 10.8. The SMILES string of the molecule is O=C(Nc1cc(F)ccc1OCC1CCCO1)c1nn(-c2ccccc2F)c2c1CCC2. The van der Waals surface area contributed by atoms with Crippen LogP contribution in [0.15, 0.2) is 42.5 Å². The third-order valence-corrected chi connectivity index (χ3v) is 5.86. The number of hydrogen-bond acceptors (Lipinski definition) is 4. The number of aromatic nitrogens is 2. The van der Waals surface area contributed by atoms with E-state index >= 15 is 0 Å². The number of fused-ring (bicyclic) bond motifs is 1. The van der Waals surface area contributed by atoms with E-state index < -0.39 is 17.5 Å². The van der Waals surface area contributed by atoms with Crippen molar-refractivity contribution in [1.29, 1.82) is 0 Å². The van der Waals surface area contributed by atoms with Crippen LogP contribution in [-0.2, 0) is 17.6 Å². The summed E-state index contributed by atoms with van der Waals surface area (Å²) in [5.74, 6) is -1.02. The number of amides is 1. The summed E-state index contributed by atoms with van der Waals surface area (Å²) in [7, 11) is 0. The second-order valence-corrected chi connectivity index (χ2v) is 8.03. The lowest BCUT2D eigenvalue weighted by Crippen LogP contribution is -2.19. The molecule has 1 aliphatic carbocycles. The second-order valence-electron chi connectivity index (χ2n) is 8.03. The van der Waals surface area contributed by atoms with Crippen molar-refractivity contribution in [2.75, 3.05) is 18.5 Å². The number of para-hydroxylation sites is 1. The molecule has 0 radical (unpaired) electrons. The van der Waals surface area contributed by atoms with Gasteiger partial charge < -0.3 is 14.8 Å². The number of carbonyl (C=O) groups excluding carboxylic acids is 1. The molecule has 1 amide bonds. The van der Waals surface area contributed by atoms with Crippen LogP contribution in [0.4, 0.5) is 14.5 Å². The molecular weight excluding hydrogens is 416 g/mol. The van der Waals surface area contributed by atoms with Gasteiger partial charge >= 0.3 is 0 Å². The Balaban J connectivity index is 1.42. The van der Waals surface area contributed by atoms with E-state index in [1.807, 2.05) is 0 Å². The Bertz CT molecular complexity index is 1160. The van der Waals surface area contributed by atoms with E-state index in [4.69, 9.17) is 9.47 Å². The maximum absolute atomic E-state index is 14.4. The second kappa shape index (κ2) is 8.70. The van der Waals surface area contributed by atoms with Crippen LogP contribution in [-0.4, -0.2) is 35.0 Å². The van der Waals surface area contributed by atoms with E-state index in [-0.39, 0.29) is 17.5 Å². The average Bonchev–Trinajstić information content (AvgIpc) is 3.52. The molecular formula is C24H23F2N3O3. The van der Waals surface area contributed by atoms with E-state index in [0.717, 1.165) is 30.5 Å². The van der Waals surface area contributed by atoms with Gasteiger partial charge in [-0.15, -0.1) is 0 Å². The zero-order chi connectivity index (χ0) is 22.1. The molecule has 2 heterocycles.